The van der Waals surface area contributed by atoms with Crippen LogP contribution in [0.25, 0.3) is 11.1 Å². The van der Waals surface area contributed by atoms with E-state index in [4.69, 9.17) is 5.11 Å². The van der Waals surface area contributed by atoms with Crippen molar-refractivity contribution in [1.29, 1.82) is 0 Å². The molecule has 1 aromatic heterocycles. The van der Waals surface area contributed by atoms with E-state index in [1.54, 1.807) is 30.5 Å². The minimum absolute atomic E-state index is 0.247. The maximum Gasteiger partial charge on any atom is 0.337 e. The summed E-state index contributed by atoms with van der Waals surface area (Å²) in [7, 11) is 0. The fourth-order valence-corrected chi connectivity index (χ4v) is 2.09. The largest absolute Gasteiger partial charge is 0.478 e. The molecule has 0 saturated carbocycles. The summed E-state index contributed by atoms with van der Waals surface area (Å²) in [6.45, 7) is 0. The summed E-state index contributed by atoms with van der Waals surface area (Å²) in [6.07, 6.45) is 3.57. The number of nitrogens with one attached hydrogen (secondary N) is 2. The van der Waals surface area contributed by atoms with Gasteiger partial charge in [0.15, 0.2) is 0 Å². The number of aromatic nitrogens is 2. The summed E-state index contributed by atoms with van der Waals surface area (Å²) in [4.78, 5) is 11.2. The van der Waals surface area contributed by atoms with Crippen LogP contribution in [0.3, 0.4) is 0 Å². The zero-order valence-electron chi connectivity index (χ0n) is 11.1. The average Bonchev–Trinajstić information content (AvgIpc) is 3.03. The summed E-state index contributed by atoms with van der Waals surface area (Å²) in [5.74, 6) is -0.951. The van der Waals surface area contributed by atoms with Crippen molar-refractivity contribution in [3.8, 4) is 11.1 Å². The van der Waals surface area contributed by atoms with Crippen molar-refractivity contribution in [1.82, 2.24) is 10.2 Å². The molecule has 0 aliphatic carbocycles. The first kappa shape index (κ1) is 12.9. The van der Waals surface area contributed by atoms with Gasteiger partial charge >= 0.3 is 5.97 Å². The van der Waals surface area contributed by atoms with Gasteiger partial charge in [0.1, 0.15) is 0 Å². The van der Waals surface area contributed by atoms with Crippen LogP contribution in [0.4, 0.5) is 11.4 Å². The number of nitrogens with zero attached hydrogens (tertiary/aromatic N) is 1. The molecule has 0 radical (unpaired) electrons. The third kappa shape index (κ3) is 2.76. The van der Waals surface area contributed by atoms with Crippen LogP contribution in [-0.4, -0.2) is 21.3 Å². The van der Waals surface area contributed by atoms with E-state index < -0.39 is 5.97 Å². The average molecular weight is 279 g/mol. The van der Waals surface area contributed by atoms with Gasteiger partial charge in [-0.3, -0.25) is 5.10 Å². The first-order chi connectivity index (χ1) is 10.2. The second-order valence-corrected chi connectivity index (χ2v) is 4.54. The molecule has 3 aromatic rings. The molecular weight excluding hydrogens is 266 g/mol. The number of hydrogen-bond acceptors (Lipinski definition) is 3. The molecule has 3 N–H and O–H groups in total. The number of anilines is 2. The molecule has 1 heterocycles. The van der Waals surface area contributed by atoms with Gasteiger partial charge in [-0.1, -0.05) is 24.3 Å². The Bertz CT molecular complexity index is 749. The van der Waals surface area contributed by atoms with E-state index in [1.165, 1.54) is 0 Å². The minimum atomic E-state index is -0.951. The van der Waals surface area contributed by atoms with Gasteiger partial charge in [-0.25, -0.2) is 4.79 Å². The van der Waals surface area contributed by atoms with E-state index in [2.05, 4.69) is 15.5 Å². The van der Waals surface area contributed by atoms with E-state index in [0.717, 1.165) is 16.8 Å². The normalized spacial score (nSPS) is 10.3. The van der Waals surface area contributed by atoms with E-state index in [9.17, 15) is 4.79 Å². The molecule has 21 heavy (non-hydrogen) atoms. The van der Waals surface area contributed by atoms with E-state index in [0.29, 0.717) is 5.69 Å². The third-order valence-electron chi connectivity index (χ3n) is 3.15. The van der Waals surface area contributed by atoms with Crippen molar-refractivity contribution in [2.24, 2.45) is 0 Å². The van der Waals surface area contributed by atoms with Crippen LogP contribution in [0.15, 0.2) is 60.9 Å². The van der Waals surface area contributed by atoms with Crippen LogP contribution in [0.5, 0.6) is 0 Å². The van der Waals surface area contributed by atoms with Crippen molar-refractivity contribution >= 4 is 17.3 Å². The topological polar surface area (TPSA) is 78.0 Å². The van der Waals surface area contributed by atoms with Gasteiger partial charge in [0.2, 0.25) is 0 Å². The summed E-state index contributed by atoms with van der Waals surface area (Å²) in [6, 6.07) is 14.5. The summed E-state index contributed by atoms with van der Waals surface area (Å²) in [5, 5.41) is 19.0. The van der Waals surface area contributed by atoms with Crippen molar-refractivity contribution < 1.29 is 9.90 Å². The quantitative estimate of drug-likeness (QED) is 0.682. The maximum absolute atomic E-state index is 11.2. The van der Waals surface area contributed by atoms with E-state index in [1.807, 2.05) is 30.5 Å². The zero-order chi connectivity index (χ0) is 14.7. The molecule has 0 fully saturated rings. The molecule has 0 aliphatic heterocycles. The van der Waals surface area contributed by atoms with Gasteiger partial charge in [-0.05, 0) is 29.8 Å². The van der Waals surface area contributed by atoms with E-state index in [-0.39, 0.29) is 5.56 Å². The standard InChI is InChI=1S/C16H13N3O2/c20-16(21)14-3-1-2-4-15(14)19-13-7-5-11(6-8-13)12-9-17-18-10-12/h1-10,19H,(H,17,18)(H,20,21). The van der Waals surface area contributed by atoms with Crippen LogP contribution in [0.1, 0.15) is 10.4 Å². The summed E-state index contributed by atoms with van der Waals surface area (Å²) < 4.78 is 0. The molecule has 2 aromatic carbocycles. The van der Waals surface area contributed by atoms with Gasteiger partial charge in [0.25, 0.3) is 0 Å². The lowest BCUT2D eigenvalue weighted by molar-refractivity contribution is 0.0698. The second-order valence-electron chi connectivity index (χ2n) is 4.54. The number of aromatic amines is 1. The zero-order valence-corrected chi connectivity index (χ0v) is 11.1. The SMILES string of the molecule is O=C(O)c1ccccc1Nc1ccc(-c2cn[nH]c2)cc1. The van der Waals surface area contributed by atoms with Crippen molar-refractivity contribution in [2.75, 3.05) is 5.32 Å². The third-order valence-corrected chi connectivity index (χ3v) is 3.15. The predicted octanol–water partition coefficient (Wildman–Crippen LogP) is 3.52. The predicted molar refractivity (Wildman–Crippen MR) is 80.7 cm³/mol. The molecule has 0 spiro atoms. The molecule has 0 saturated heterocycles. The Kier molecular flexibility index (Phi) is 3.39. The summed E-state index contributed by atoms with van der Waals surface area (Å²) >= 11 is 0. The number of aromatic carboxylic acids is 1. The Morgan fingerprint density at radius 2 is 1.81 bits per heavy atom. The highest BCUT2D eigenvalue weighted by Crippen LogP contribution is 2.24. The Morgan fingerprint density at radius 3 is 2.48 bits per heavy atom. The fraction of sp³-hybridized carbons (Fsp3) is 0. The maximum atomic E-state index is 11.2. The number of hydrogen-bond donors (Lipinski definition) is 3. The molecule has 0 unspecified atom stereocenters. The number of carboxylic acids is 1. The number of para-hydroxylation sites is 1. The number of carbonyl (C=O) groups is 1. The molecule has 0 aliphatic rings. The van der Waals surface area contributed by atoms with Gasteiger partial charge in [0.05, 0.1) is 17.4 Å². The Labute approximate surface area is 121 Å². The Morgan fingerprint density at radius 1 is 1.05 bits per heavy atom. The smallest absolute Gasteiger partial charge is 0.337 e. The monoisotopic (exact) mass is 279 g/mol. The molecule has 5 nitrogen and oxygen atoms in total. The van der Waals surface area contributed by atoms with E-state index >= 15 is 0 Å². The lowest BCUT2D eigenvalue weighted by atomic mass is 10.1. The molecule has 3 rings (SSSR count). The van der Waals surface area contributed by atoms with Crippen LogP contribution in [0.2, 0.25) is 0 Å². The van der Waals surface area contributed by atoms with Crippen LogP contribution >= 0.6 is 0 Å². The van der Waals surface area contributed by atoms with Crippen molar-refractivity contribution in [2.45, 2.75) is 0 Å². The highest BCUT2D eigenvalue weighted by atomic mass is 16.4. The van der Waals surface area contributed by atoms with Gasteiger partial charge in [-0.15, -0.1) is 0 Å². The highest BCUT2D eigenvalue weighted by Gasteiger charge is 2.09. The molecular formula is C16H13N3O2. The first-order valence-electron chi connectivity index (χ1n) is 6.42. The second kappa shape index (κ2) is 5.50. The lowest BCUT2D eigenvalue weighted by Crippen LogP contribution is -2.02. The van der Waals surface area contributed by atoms with Gasteiger partial charge in [-0.2, -0.15) is 5.10 Å². The number of rotatable bonds is 4. The molecule has 0 amide bonds. The molecule has 0 atom stereocenters. The Balaban J connectivity index is 1.84. The fourth-order valence-electron chi connectivity index (χ4n) is 2.09. The molecule has 104 valence electrons. The number of carboxylic acid groups (broad SMARTS) is 1. The Hall–Kier alpha value is -3.08. The number of H-pyrrole nitrogens is 1. The van der Waals surface area contributed by atoms with Crippen LogP contribution in [0, 0.1) is 0 Å². The van der Waals surface area contributed by atoms with Crippen molar-refractivity contribution in [3.05, 3.63) is 66.5 Å². The van der Waals surface area contributed by atoms with Gasteiger partial charge in [0, 0.05) is 17.4 Å². The van der Waals surface area contributed by atoms with Crippen LogP contribution < -0.4 is 5.32 Å². The lowest BCUT2D eigenvalue weighted by Gasteiger charge is -2.09. The number of benzene rings is 2. The summed E-state index contributed by atoms with van der Waals surface area (Å²) in [5.41, 5.74) is 3.70. The molecule has 0 bridgehead atoms. The van der Waals surface area contributed by atoms with Gasteiger partial charge < -0.3 is 10.4 Å². The van der Waals surface area contributed by atoms with Crippen LogP contribution in [-0.2, 0) is 0 Å². The van der Waals surface area contributed by atoms with Crippen molar-refractivity contribution in [3.63, 3.8) is 0 Å². The minimum Gasteiger partial charge on any atom is -0.478 e. The molecule has 5 heteroatoms. The highest BCUT2D eigenvalue weighted by molar-refractivity contribution is 5.95. The first-order valence-corrected chi connectivity index (χ1v) is 6.42.